The fraction of sp³-hybridized carbons (Fsp3) is 0.182. The zero-order chi connectivity index (χ0) is 12.8. The molecule has 1 rings (SSSR count). The van der Waals surface area contributed by atoms with Gasteiger partial charge in [-0.3, -0.25) is 0 Å². The van der Waals surface area contributed by atoms with Crippen molar-refractivity contribution in [2.45, 2.75) is 6.92 Å². The van der Waals surface area contributed by atoms with Crippen molar-refractivity contribution in [2.75, 3.05) is 7.11 Å². The summed E-state index contributed by atoms with van der Waals surface area (Å²) in [4.78, 5) is 13.2. The molecular formula is C11H11N3O3. The van der Waals surface area contributed by atoms with Gasteiger partial charge in [0.2, 0.25) is 0 Å². The van der Waals surface area contributed by atoms with E-state index >= 15 is 0 Å². The Labute approximate surface area is 97.8 Å². The van der Waals surface area contributed by atoms with Crippen molar-refractivity contribution < 1.29 is 14.6 Å². The standard InChI is InChI=1S/C11H11N3O3/c1-7-5-8(3-4-10(7)17-2)6-9(11(15)16)13-14-12/h3-6H,1-2H3,(H,15,16). The summed E-state index contributed by atoms with van der Waals surface area (Å²) in [7, 11) is 1.56. The maximum Gasteiger partial charge on any atom is 0.338 e. The largest absolute Gasteiger partial charge is 0.496 e. The number of aliphatic carboxylic acids is 1. The van der Waals surface area contributed by atoms with Crippen LogP contribution in [0.5, 0.6) is 5.75 Å². The highest BCUT2D eigenvalue weighted by Gasteiger charge is 2.05. The third-order valence-corrected chi connectivity index (χ3v) is 2.09. The summed E-state index contributed by atoms with van der Waals surface area (Å²) in [5, 5.41) is 11.9. The first-order valence-electron chi connectivity index (χ1n) is 4.73. The van der Waals surface area contributed by atoms with Gasteiger partial charge in [-0.2, -0.15) is 0 Å². The lowest BCUT2D eigenvalue weighted by molar-refractivity contribution is -0.132. The number of azide groups is 1. The summed E-state index contributed by atoms with van der Waals surface area (Å²) in [5.74, 6) is -0.556. The maximum atomic E-state index is 10.7. The van der Waals surface area contributed by atoms with E-state index in [2.05, 4.69) is 10.0 Å². The molecule has 0 bridgehead atoms. The molecule has 1 N–H and O–H groups in total. The van der Waals surface area contributed by atoms with Crippen LogP contribution < -0.4 is 4.74 Å². The highest BCUT2D eigenvalue weighted by molar-refractivity contribution is 5.91. The van der Waals surface area contributed by atoms with Crippen molar-refractivity contribution in [3.63, 3.8) is 0 Å². The molecule has 0 saturated heterocycles. The Morgan fingerprint density at radius 2 is 2.29 bits per heavy atom. The van der Waals surface area contributed by atoms with Gasteiger partial charge in [0.05, 0.1) is 7.11 Å². The number of methoxy groups -OCH3 is 1. The third-order valence-electron chi connectivity index (χ3n) is 2.09. The van der Waals surface area contributed by atoms with Gasteiger partial charge in [0, 0.05) is 4.91 Å². The second kappa shape index (κ2) is 5.58. The van der Waals surface area contributed by atoms with E-state index in [1.54, 1.807) is 25.3 Å². The number of carbonyl (C=O) groups is 1. The first kappa shape index (κ1) is 12.6. The molecule has 1 aromatic rings. The van der Waals surface area contributed by atoms with Crippen LogP contribution in [0, 0.1) is 6.92 Å². The van der Waals surface area contributed by atoms with Crippen molar-refractivity contribution in [3.8, 4) is 5.75 Å². The van der Waals surface area contributed by atoms with Crippen molar-refractivity contribution in [1.29, 1.82) is 0 Å². The Hall–Kier alpha value is -2.46. The Morgan fingerprint density at radius 3 is 2.76 bits per heavy atom. The zero-order valence-corrected chi connectivity index (χ0v) is 9.41. The fourth-order valence-electron chi connectivity index (χ4n) is 1.33. The second-order valence-electron chi connectivity index (χ2n) is 3.25. The van der Waals surface area contributed by atoms with Crippen LogP contribution in [0.3, 0.4) is 0 Å². The number of rotatable bonds is 4. The topological polar surface area (TPSA) is 95.3 Å². The van der Waals surface area contributed by atoms with Gasteiger partial charge in [-0.1, -0.05) is 11.2 Å². The molecule has 0 aliphatic heterocycles. The lowest BCUT2D eigenvalue weighted by atomic mass is 10.1. The van der Waals surface area contributed by atoms with E-state index in [-0.39, 0.29) is 5.70 Å². The van der Waals surface area contributed by atoms with Gasteiger partial charge in [-0.05, 0) is 41.8 Å². The highest BCUT2D eigenvalue weighted by Crippen LogP contribution is 2.20. The van der Waals surface area contributed by atoms with Crippen LogP contribution in [-0.2, 0) is 4.79 Å². The lowest BCUT2D eigenvalue weighted by Crippen LogP contribution is -1.96. The molecule has 0 aliphatic carbocycles. The van der Waals surface area contributed by atoms with Crippen molar-refractivity contribution in [1.82, 2.24) is 0 Å². The average Bonchev–Trinajstić information content (AvgIpc) is 2.28. The first-order chi connectivity index (χ1) is 8.08. The minimum absolute atomic E-state index is 0.350. The van der Waals surface area contributed by atoms with E-state index in [1.807, 2.05) is 6.92 Å². The molecular weight excluding hydrogens is 222 g/mol. The number of carboxylic acids is 1. The van der Waals surface area contributed by atoms with E-state index in [0.29, 0.717) is 11.3 Å². The molecule has 6 heteroatoms. The number of ether oxygens (including phenoxy) is 1. The van der Waals surface area contributed by atoms with E-state index in [4.69, 9.17) is 15.4 Å². The predicted octanol–water partition coefficient (Wildman–Crippen LogP) is 2.74. The quantitative estimate of drug-likeness (QED) is 0.375. The number of nitrogens with zero attached hydrogens (tertiary/aromatic N) is 3. The molecule has 0 radical (unpaired) electrons. The molecule has 0 heterocycles. The van der Waals surface area contributed by atoms with Gasteiger partial charge in [-0.25, -0.2) is 4.79 Å². The molecule has 0 amide bonds. The third kappa shape index (κ3) is 3.25. The van der Waals surface area contributed by atoms with Crippen LogP contribution in [0.1, 0.15) is 11.1 Å². The van der Waals surface area contributed by atoms with Crippen LogP contribution in [0.25, 0.3) is 16.5 Å². The minimum atomic E-state index is -1.27. The molecule has 0 atom stereocenters. The van der Waals surface area contributed by atoms with E-state index in [9.17, 15) is 4.79 Å². The van der Waals surface area contributed by atoms with Crippen LogP contribution in [0.4, 0.5) is 0 Å². The number of benzene rings is 1. The predicted molar refractivity (Wildman–Crippen MR) is 62.5 cm³/mol. The summed E-state index contributed by atoms with van der Waals surface area (Å²) in [6.45, 7) is 1.84. The summed E-state index contributed by atoms with van der Waals surface area (Å²) in [6.07, 6.45) is 1.30. The van der Waals surface area contributed by atoms with Crippen LogP contribution in [0.15, 0.2) is 29.0 Å². The molecule has 88 valence electrons. The normalized spacial score (nSPS) is 10.6. The van der Waals surface area contributed by atoms with Crippen LogP contribution in [0.2, 0.25) is 0 Å². The molecule has 0 spiro atoms. The van der Waals surface area contributed by atoms with Crippen LogP contribution >= 0.6 is 0 Å². The Morgan fingerprint density at radius 1 is 1.59 bits per heavy atom. The fourth-order valence-corrected chi connectivity index (χ4v) is 1.33. The molecule has 0 aromatic heterocycles. The van der Waals surface area contributed by atoms with Gasteiger partial charge in [0.25, 0.3) is 0 Å². The monoisotopic (exact) mass is 233 g/mol. The summed E-state index contributed by atoms with van der Waals surface area (Å²) < 4.78 is 5.08. The first-order valence-corrected chi connectivity index (χ1v) is 4.73. The molecule has 0 saturated carbocycles. The van der Waals surface area contributed by atoms with E-state index in [0.717, 1.165) is 5.56 Å². The molecule has 17 heavy (non-hydrogen) atoms. The maximum absolute atomic E-state index is 10.7. The number of hydrogen-bond donors (Lipinski definition) is 1. The summed E-state index contributed by atoms with van der Waals surface area (Å²) in [6, 6.07) is 5.15. The summed E-state index contributed by atoms with van der Waals surface area (Å²) >= 11 is 0. The number of hydrogen-bond acceptors (Lipinski definition) is 3. The Bertz CT molecular complexity index is 513. The SMILES string of the molecule is COc1ccc(C=C(N=[N+]=[N-])C(=O)O)cc1C. The molecule has 0 aliphatic rings. The summed E-state index contributed by atoms with van der Waals surface area (Å²) in [5.41, 5.74) is 9.38. The Kier molecular flexibility index (Phi) is 4.14. The molecule has 6 nitrogen and oxygen atoms in total. The van der Waals surface area contributed by atoms with Crippen molar-refractivity contribution >= 4 is 12.0 Å². The molecule has 1 aromatic carbocycles. The second-order valence-corrected chi connectivity index (χ2v) is 3.25. The van der Waals surface area contributed by atoms with E-state index in [1.165, 1.54) is 6.08 Å². The van der Waals surface area contributed by atoms with Gasteiger partial charge >= 0.3 is 5.97 Å². The van der Waals surface area contributed by atoms with Gasteiger partial charge in [0.1, 0.15) is 11.4 Å². The zero-order valence-electron chi connectivity index (χ0n) is 9.41. The van der Waals surface area contributed by atoms with Gasteiger partial charge in [-0.15, -0.1) is 0 Å². The smallest absolute Gasteiger partial charge is 0.338 e. The van der Waals surface area contributed by atoms with Gasteiger partial charge in [0.15, 0.2) is 0 Å². The highest BCUT2D eigenvalue weighted by atomic mass is 16.5. The van der Waals surface area contributed by atoms with Crippen molar-refractivity contribution in [2.24, 2.45) is 5.11 Å². The van der Waals surface area contributed by atoms with E-state index < -0.39 is 5.97 Å². The number of carboxylic acid groups (broad SMARTS) is 1. The van der Waals surface area contributed by atoms with Crippen LogP contribution in [-0.4, -0.2) is 18.2 Å². The van der Waals surface area contributed by atoms with Gasteiger partial charge < -0.3 is 9.84 Å². The number of aryl methyl sites for hydroxylation is 1. The minimum Gasteiger partial charge on any atom is -0.496 e. The molecule has 0 unspecified atom stereocenters. The Balaban J connectivity index is 3.16. The molecule has 0 fully saturated rings. The van der Waals surface area contributed by atoms with Crippen molar-refractivity contribution in [3.05, 3.63) is 45.5 Å². The lowest BCUT2D eigenvalue weighted by Gasteiger charge is -2.04. The average molecular weight is 233 g/mol.